The molecule has 16 heavy (non-hydrogen) atoms. The van der Waals surface area contributed by atoms with Crippen molar-refractivity contribution < 1.29 is 18.0 Å². The number of anilines is 1. The van der Waals surface area contributed by atoms with Gasteiger partial charge in [0, 0.05) is 6.20 Å². The van der Waals surface area contributed by atoms with E-state index in [9.17, 15) is 18.0 Å². The molecule has 2 rings (SSSR count). The molecule has 1 amide bonds. The zero-order valence-corrected chi connectivity index (χ0v) is 8.39. The number of thiazole rings is 1. The van der Waals surface area contributed by atoms with Crippen LogP contribution in [0, 0.1) is 0 Å². The van der Waals surface area contributed by atoms with Gasteiger partial charge in [0.25, 0.3) is 0 Å². The predicted octanol–water partition coefficient (Wildman–Crippen LogP) is 2.19. The van der Waals surface area contributed by atoms with Crippen LogP contribution in [0.3, 0.4) is 0 Å². The molecule has 0 unspecified atom stereocenters. The molecule has 2 aromatic rings. The maximum atomic E-state index is 11.9. The predicted molar refractivity (Wildman–Crippen MR) is 52.1 cm³/mol. The SMILES string of the molecule is O=C(Nc1nc2cccnc2s1)C(F)(F)F. The summed E-state index contributed by atoms with van der Waals surface area (Å²) < 4.78 is 35.8. The van der Waals surface area contributed by atoms with Crippen LogP contribution >= 0.6 is 11.3 Å². The number of halogens is 3. The fourth-order valence-corrected chi connectivity index (χ4v) is 1.79. The van der Waals surface area contributed by atoms with Crippen LogP contribution in [-0.2, 0) is 4.79 Å². The monoisotopic (exact) mass is 247 g/mol. The first-order valence-corrected chi connectivity index (χ1v) is 4.88. The summed E-state index contributed by atoms with van der Waals surface area (Å²) in [6.45, 7) is 0. The Bertz CT molecular complexity index is 504. The van der Waals surface area contributed by atoms with Crippen LogP contribution in [0.25, 0.3) is 10.3 Å². The zero-order chi connectivity index (χ0) is 11.8. The highest BCUT2D eigenvalue weighted by Gasteiger charge is 2.39. The molecule has 0 aliphatic rings. The lowest BCUT2D eigenvalue weighted by Crippen LogP contribution is -2.29. The number of nitrogens with zero attached hydrogens (tertiary/aromatic N) is 2. The highest BCUT2D eigenvalue weighted by molar-refractivity contribution is 7.21. The maximum Gasteiger partial charge on any atom is 0.471 e. The molecular weight excluding hydrogens is 243 g/mol. The highest BCUT2D eigenvalue weighted by atomic mass is 32.1. The molecule has 8 heteroatoms. The van der Waals surface area contributed by atoms with Gasteiger partial charge in [-0.25, -0.2) is 9.97 Å². The van der Waals surface area contributed by atoms with Crippen LogP contribution in [0.2, 0.25) is 0 Å². The molecule has 4 nitrogen and oxygen atoms in total. The summed E-state index contributed by atoms with van der Waals surface area (Å²) in [5, 5.41) is 1.56. The van der Waals surface area contributed by atoms with E-state index in [-0.39, 0.29) is 5.13 Å². The van der Waals surface area contributed by atoms with Gasteiger partial charge in [0.1, 0.15) is 10.3 Å². The molecule has 0 aromatic carbocycles. The van der Waals surface area contributed by atoms with E-state index in [1.807, 2.05) is 0 Å². The van der Waals surface area contributed by atoms with Crippen molar-refractivity contribution in [2.24, 2.45) is 0 Å². The first-order valence-electron chi connectivity index (χ1n) is 4.06. The molecule has 0 saturated heterocycles. The van der Waals surface area contributed by atoms with Crippen molar-refractivity contribution >= 4 is 32.7 Å². The third-order valence-electron chi connectivity index (χ3n) is 1.64. The van der Waals surface area contributed by atoms with Crippen molar-refractivity contribution in [3.8, 4) is 0 Å². The topological polar surface area (TPSA) is 54.9 Å². The number of fused-ring (bicyclic) bond motifs is 1. The second-order valence-electron chi connectivity index (χ2n) is 2.80. The minimum atomic E-state index is -4.91. The van der Waals surface area contributed by atoms with Gasteiger partial charge in [-0.15, -0.1) is 0 Å². The molecule has 2 aromatic heterocycles. The number of aromatic nitrogens is 2. The molecule has 2 heterocycles. The Morgan fingerprint density at radius 3 is 2.81 bits per heavy atom. The number of amides is 1. The number of alkyl halides is 3. The second-order valence-corrected chi connectivity index (χ2v) is 3.78. The summed E-state index contributed by atoms with van der Waals surface area (Å²) >= 11 is 0.888. The Balaban J connectivity index is 2.25. The lowest BCUT2D eigenvalue weighted by molar-refractivity contribution is -0.167. The normalized spacial score (nSPS) is 11.7. The van der Waals surface area contributed by atoms with Gasteiger partial charge in [-0.05, 0) is 12.1 Å². The van der Waals surface area contributed by atoms with Gasteiger partial charge in [-0.3, -0.25) is 10.1 Å². The Labute approximate surface area is 91.1 Å². The van der Waals surface area contributed by atoms with Gasteiger partial charge in [0.2, 0.25) is 0 Å². The second kappa shape index (κ2) is 3.71. The van der Waals surface area contributed by atoms with Crippen molar-refractivity contribution in [3.63, 3.8) is 0 Å². The summed E-state index contributed by atoms with van der Waals surface area (Å²) in [6.07, 6.45) is -3.42. The summed E-state index contributed by atoms with van der Waals surface area (Å²) in [5.41, 5.74) is 0.449. The quantitative estimate of drug-likeness (QED) is 0.840. The van der Waals surface area contributed by atoms with Crippen LogP contribution in [0.15, 0.2) is 18.3 Å². The third kappa shape index (κ3) is 2.11. The van der Waals surface area contributed by atoms with Gasteiger partial charge < -0.3 is 0 Å². The molecule has 0 fully saturated rings. The van der Waals surface area contributed by atoms with Crippen LogP contribution in [0.5, 0.6) is 0 Å². The van der Waals surface area contributed by atoms with Crippen LogP contribution in [-0.4, -0.2) is 22.1 Å². The number of pyridine rings is 1. The molecule has 0 atom stereocenters. The molecule has 0 radical (unpaired) electrons. The van der Waals surface area contributed by atoms with Crippen molar-refractivity contribution in [2.45, 2.75) is 6.18 Å². The zero-order valence-electron chi connectivity index (χ0n) is 7.58. The van der Waals surface area contributed by atoms with Crippen molar-refractivity contribution in [1.82, 2.24) is 9.97 Å². The molecule has 0 spiro atoms. The average molecular weight is 247 g/mol. The fourth-order valence-electron chi connectivity index (χ4n) is 0.991. The van der Waals surface area contributed by atoms with Gasteiger partial charge >= 0.3 is 12.1 Å². The van der Waals surface area contributed by atoms with Gasteiger partial charge in [-0.2, -0.15) is 13.2 Å². The van der Waals surface area contributed by atoms with Gasteiger partial charge in [-0.1, -0.05) is 11.3 Å². The summed E-state index contributed by atoms with van der Waals surface area (Å²) in [4.78, 5) is 18.8. The lowest BCUT2D eigenvalue weighted by atomic mass is 10.5. The molecular formula is C8H4F3N3OS. The third-order valence-corrected chi connectivity index (χ3v) is 2.54. The van der Waals surface area contributed by atoms with E-state index in [1.165, 1.54) is 6.20 Å². The van der Waals surface area contributed by atoms with Crippen molar-refractivity contribution in [3.05, 3.63) is 18.3 Å². The summed E-state index contributed by atoms with van der Waals surface area (Å²) in [6, 6.07) is 3.21. The number of rotatable bonds is 1. The fraction of sp³-hybridized carbons (Fsp3) is 0.125. The number of hydrogen-bond donors (Lipinski definition) is 1. The Morgan fingerprint density at radius 1 is 1.44 bits per heavy atom. The minimum Gasteiger partial charge on any atom is -0.294 e. The van der Waals surface area contributed by atoms with E-state index in [2.05, 4.69) is 9.97 Å². The molecule has 84 valence electrons. The minimum absolute atomic E-state index is 0.115. The lowest BCUT2D eigenvalue weighted by Gasteiger charge is -2.03. The number of nitrogens with one attached hydrogen (secondary N) is 1. The maximum absolute atomic E-state index is 11.9. The van der Waals surface area contributed by atoms with Crippen molar-refractivity contribution in [2.75, 3.05) is 5.32 Å². The molecule has 1 N–H and O–H groups in total. The summed E-state index contributed by atoms with van der Waals surface area (Å²) in [5.74, 6) is -2.04. The number of hydrogen-bond acceptors (Lipinski definition) is 4. The molecule has 0 bridgehead atoms. The Kier molecular flexibility index (Phi) is 2.50. The smallest absolute Gasteiger partial charge is 0.294 e. The van der Waals surface area contributed by atoms with E-state index in [1.54, 1.807) is 17.4 Å². The number of carbonyl (C=O) groups excluding carboxylic acids is 1. The number of carbonyl (C=O) groups is 1. The van der Waals surface area contributed by atoms with Crippen LogP contribution < -0.4 is 5.32 Å². The Morgan fingerprint density at radius 2 is 2.19 bits per heavy atom. The van der Waals surface area contributed by atoms with Gasteiger partial charge in [0.15, 0.2) is 5.13 Å². The first kappa shape index (κ1) is 10.8. The molecule has 0 aliphatic carbocycles. The molecule has 0 aliphatic heterocycles. The van der Waals surface area contributed by atoms with Crippen LogP contribution in [0.4, 0.5) is 18.3 Å². The highest BCUT2D eigenvalue weighted by Crippen LogP contribution is 2.25. The van der Waals surface area contributed by atoms with Crippen molar-refractivity contribution in [1.29, 1.82) is 0 Å². The largest absolute Gasteiger partial charge is 0.471 e. The van der Waals surface area contributed by atoms with E-state index in [0.717, 1.165) is 11.3 Å². The standard InChI is InChI=1S/C8H4F3N3OS/c9-8(10,11)6(15)14-7-13-4-2-1-3-12-5(4)16-7/h1-3H,(H,13,14,15). The van der Waals surface area contributed by atoms with Crippen LogP contribution in [0.1, 0.15) is 0 Å². The van der Waals surface area contributed by atoms with E-state index in [4.69, 9.17) is 0 Å². The van der Waals surface area contributed by atoms with E-state index >= 15 is 0 Å². The van der Waals surface area contributed by atoms with E-state index < -0.39 is 12.1 Å². The average Bonchev–Trinajstić information content (AvgIpc) is 2.58. The van der Waals surface area contributed by atoms with E-state index in [0.29, 0.717) is 10.3 Å². The molecule has 0 saturated carbocycles. The summed E-state index contributed by atoms with van der Waals surface area (Å²) in [7, 11) is 0. The Hall–Kier alpha value is -1.70. The first-order chi connectivity index (χ1) is 7.47. The van der Waals surface area contributed by atoms with Gasteiger partial charge in [0.05, 0.1) is 0 Å².